The van der Waals surface area contributed by atoms with E-state index < -0.39 is 26.7 Å². The van der Waals surface area contributed by atoms with E-state index >= 15 is 0 Å². The smallest absolute Gasteiger partial charge is 0.355 e. The molecule has 3 N–H and O–H groups in total. The van der Waals surface area contributed by atoms with Crippen LogP contribution in [0.2, 0.25) is 0 Å². The Balaban J connectivity index is 1.49. The van der Waals surface area contributed by atoms with E-state index in [1.54, 1.807) is 17.4 Å². The maximum Gasteiger partial charge on any atom is 0.355 e. The number of aromatic carboxylic acids is 1. The molecule has 2 aromatic carbocycles. The van der Waals surface area contributed by atoms with Gasteiger partial charge in [-0.15, -0.1) is 22.7 Å². The number of rotatable bonds is 8. The van der Waals surface area contributed by atoms with E-state index in [-0.39, 0.29) is 12.2 Å². The normalized spacial score (nSPS) is 13.1. The topological polar surface area (TPSA) is 115 Å². The molecule has 6 rings (SSSR count). The number of hydrogen-bond donors (Lipinski definition) is 2. The van der Waals surface area contributed by atoms with Gasteiger partial charge < -0.3 is 9.67 Å². The molecule has 3 aromatic heterocycles. The average molecular weight is 632 g/mol. The number of carbonyl (C=O) groups is 1. The van der Waals surface area contributed by atoms with Gasteiger partial charge in [0.15, 0.2) is 5.69 Å². The van der Waals surface area contributed by atoms with Gasteiger partial charge in [-0.05, 0) is 85.7 Å². The Bertz CT molecular complexity index is 2040. The lowest BCUT2D eigenvalue weighted by atomic mass is 10.1. The van der Waals surface area contributed by atoms with Crippen molar-refractivity contribution in [2.75, 3.05) is 0 Å². The molecular formula is C32H26FN3O4S3. The lowest BCUT2D eigenvalue weighted by Gasteiger charge is -2.16. The average Bonchev–Trinajstić information content (AvgIpc) is 3.30. The molecule has 0 atom stereocenters. The summed E-state index contributed by atoms with van der Waals surface area (Å²) in [6.45, 7) is 2.29. The minimum atomic E-state index is -4.20. The third kappa shape index (κ3) is 6.48. The number of sulfonamides is 1. The summed E-state index contributed by atoms with van der Waals surface area (Å²) in [6, 6.07) is 17.8. The van der Waals surface area contributed by atoms with E-state index in [2.05, 4.69) is 21.4 Å². The summed E-state index contributed by atoms with van der Waals surface area (Å²) in [5.41, 5.74) is 4.87. The zero-order valence-corrected chi connectivity index (χ0v) is 25.5. The lowest BCUT2D eigenvalue weighted by Crippen LogP contribution is -2.14. The van der Waals surface area contributed by atoms with Crippen LogP contribution in [0, 0.1) is 30.5 Å². The number of nitrogens with zero attached hydrogens (tertiary/aromatic N) is 2. The first-order chi connectivity index (χ1) is 20.5. The van der Waals surface area contributed by atoms with Crippen molar-refractivity contribution < 1.29 is 22.7 Å². The predicted molar refractivity (Wildman–Crippen MR) is 166 cm³/mol. The number of nitrogens with two attached hydrogens (primary N) is 1. The number of halogens is 1. The number of benzene rings is 2. The molecule has 11 heteroatoms. The van der Waals surface area contributed by atoms with Gasteiger partial charge in [0.25, 0.3) is 0 Å². The van der Waals surface area contributed by atoms with Crippen LogP contribution in [0.1, 0.15) is 49.9 Å². The van der Waals surface area contributed by atoms with Gasteiger partial charge in [0.05, 0.1) is 4.88 Å². The quantitative estimate of drug-likeness (QED) is 0.189. The van der Waals surface area contributed by atoms with Crippen LogP contribution < -0.4 is 5.14 Å². The van der Waals surface area contributed by atoms with Crippen LogP contribution in [-0.2, 0) is 23.0 Å². The van der Waals surface area contributed by atoms with Gasteiger partial charge in [0, 0.05) is 39.3 Å². The number of thiophene rings is 1. The molecule has 0 aliphatic heterocycles. The minimum Gasteiger partial charge on any atom is -0.476 e. The van der Waals surface area contributed by atoms with Gasteiger partial charge in [-0.25, -0.2) is 27.7 Å². The summed E-state index contributed by atoms with van der Waals surface area (Å²) in [4.78, 5) is 17.6. The third-order valence-corrected chi connectivity index (χ3v) is 9.95. The van der Waals surface area contributed by atoms with Gasteiger partial charge in [0.1, 0.15) is 15.7 Å². The number of carboxylic acids is 1. The fraction of sp³-hybridized carbons (Fsp3) is 0.188. The number of primary sulfonamides is 1. The largest absolute Gasteiger partial charge is 0.476 e. The van der Waals surface area contributed by atoms with E-state index in [9.17, 15) is 22.7 Å². The van der Waals surface area contributed by atoms with Crippen LogP contribution in [0.25, 0.3) is 21.8 Å². The predicted octanol–water partition coefficient (Wildman–Crippen LogP) is 6.53. The van der Waals surface area contributed by atoms with Crippen LogP contribution in [-0.4, -0.2) is 29.0 Å². The summed E-state index contributed by atoms with van der Waals surface area (Å²) in [5.74, 6) is 4.95. The number of aromatic nitrogens is 2. The van der Waals surface area contributed by atoms with Crippen molar-refractivity contribution in [3.63, 3.8) is 0 Å². The highest BCUT2D eigenvalue weighted by atomic mass is 32.2. The molecule has 5 aromatic rings. The number of hydrogen-bond acceptors (Lipinski definition) is 6. The molecule has 43 heavy (non-hydrogen) atoms. The molecule has 1 aliphatic rings. The summed E-state index contributed by atoms with van der Waals surface area (Å²) in [6.07, 6.45) is 2.92. The second-order valence-electron chi connectivity index (χ2n) is 10.5. The Hall–Kier alpha value is -4.08. The Labute approximate surface area is 256 Å². The van der Waals surface area contributed by atoms with Gasteiger partial charge >= 0.3 is 5.97 Å². The van der Waals surface area contributed by atoms with Crippen molar-refractivity contribution in [3.8, 4) is 33.7 Å². The zero-order valence-electron chi connectivity index (χ0n) is 23.0. The molecule has 0 unspecified atom stereocenters. The van der Waals surface area contributed by atoms with Crippen LogP contribution in [0.15, 0.2) is 70.9 Å². The monoisotopic (exact) mass is 631 g/mol. The molecule has 0 saturated heterocycles. The summed E-state index contributed by atoms with van der Waals surface area (Å²) >= 11 is 2.90. The second kappa shape index (κ2) is 11.5. The van der Waals surface area contributed by atoms with Crippen LogP contribution in [0.4, 0.5) is 4.39 Å². The van der Waals surface area contributed by atoms with E-state index in [1.807, 2.05) is 49.4 Å². The highest BCUT2D eigenvalue weighted by molar-refractivity contribution is 7.89. The van der Waals surface area contributed by atoms with Crippen molar-refractivity contribution in [2.45, 2.75) is 37.6 Å². The molecule has 1 aliphatic carbocycles. The standard InChI is InChI=1S/C32H26FN3O4S3/c1-19-5-10-24(42-19)11-8-20-3-2-4-23(13-20)28-16-25(31-35-27(18-41-31)32(37)38)29(15-21-6-7-21)36(28)17-22-9-12-30(26(33)14-22)43(34,39)40/h2-5,9-10,12-14,16,18,21H,6-7,15,17H2,1H3,(H,37,38)(H2,34,39,40). The maximum absolute atomic E-state index is 14.9. The summed E-state index contributed by atoms with van der Waals surface area (Å²) < 4.78 is 40.6. The van der Waals surface area contributed by atoms with Crippen LogP contribution >= 0.6 is 22.7 Å². The van der Waals surface area contributed by atoms with Crippen molar-refractivity contribution in [3.05, 3.63) is 104 Å². The summed E-state index contributed by atoms with van der Waals surface area (Å²) in [7, 11) is -4.20. The minimum absolute atomic E-state index is 0.0200. The SMILES string of the molecule is Cc1ccc(C#Cc2cccc(-c3cc(-c4nc(C(=O)O)cs4)c(CC4CC4)n3Cc3ccc(S(N)(=O)=O)c(F)c3)c2)s1. The zero-order chi connectivity index (χ0) is 30.3. The highest BCUT2D eigenvalue weighted by Crippen LogP contribution is 2.41. The number of thiazole rings is 1. The maximum atomic E-state index is 14.9. The third-order valence-electron chi connectivity index (χ3n) is 7.21. The molecule has 3 heterocycles. The van der Waals surface area contributed by atoms with E-state index in [1.165, 1.54) is 33.7 Å². The van der Waals surface area contributed by atoms with Gasteiger partial charge in [-0.3, -0.25) is 0 Å². The first kappa shape index (κ1) is 29.0. The number of aryl methyl sites for hydroxylation is 1. The Morgan fingerprint density at radius 3 is 2.60 bits per heavy atom. The molecule has 7 nitrogen and oxygen atoms in total. The van der Waals surface area contributed by atoms with Gasteiger partial charge in [0.2, 0.25) is 10.0 Å². The van der Waals surface area contributed by atoms with Crippen LogP contribution in [0.5, 0.6) is 0 Å². The highest BCUT2D eigenvalue weighted by Gasteiger charge is 2.28. The van der Waals surface area contributed by atoms with Gasteiger partial charge in [-0.1, -0.05) is 30.0 Å². The lowest BCUT2D eigenvalue weighted by molar-refractivity contribution is 0.0691. The van der Waals surface area contributed by atoms with Crippen molar-refractivity contribution >= 4 is 38.7 Å². The molecule has 1 saturated carbocycles. The van der Waals surface area contributed by atoms with Crippen LogP contribution in [0.3, 0.4) is 0 Å². The van der Waals surface area contributed by atoms with Crippen molar-refractivity contribution in [2.24, 2.45) is 11.1 Å². The fourth-order valence-electron chi connectivity index (χ4n) is 4.95. The van der Waals surface area contributed by atoms with Crippen molar-refractivity contribution in [1.82, 2.24) is 9.55 Å². The molecule has 1 fully saturated rings. The molecule has 0 bridgehead atoms. The van der Waals surface area contributed by atoms with E-state index in [0.29, 0.717) is 16.5 Å². The second-order valence-corrected chi connectivity index (χ2v) is 14.2. The van der Waals surface area contributed by atoms with Gasteiger partial charge in [-0.2, -0.15) is 0 Å². The Morgan fingerprint density at radius 2 is 1.95 bits per heavy atom. The molecule has 0 spiro atoms. The van der Waals surface area contributed by atoms with E-state index in [0.717, 1.165) is 52.2 Å². The van der Waals surface area contributed by atoms with E-state index in [4.69, 9.17) is 5.14 Å². The molecule has 0 amide bonds. The first-order valence-electron chi connectivity index (χ1n) is 13.5. The molecule has 218 valence electrons. The summed E-state index contributed by atoms with van der Waals surface area (Å²) in [5, 5.41) is 16.8. The Morgan fingerprint density at radius 1 is 1.14 bits per heavy atom. The fourth-order valence-corrected chi connectivity index (χ4v) is 7.09. The first-order valence-corrected chi connectivity index (χ1v) is 16.7. The van der Waals surface area contributed by atoms with Crippen molar-refractivity contribution in [1.29, 1.82) is 0 Å². The Kier molecular flexibility index (Phi) is 7.79. The molecular weight excluding hydrogens is 606 g/mol. The molecule has 0 radical (unpaired) electrons. The number of carboxylic acid groups (broad SMARTS) is 1.